The van der Waals surface area contributed by atoms with Gasteiger partial charge in [-0.3, -0.25) is 0 Å². The van der Waals surface area contributed by atoms with Crippen LogP contribution in [0.5, 0.6) is 0 Å². The SMILES string of the molecule is C/C(=C\CO)CCC#C[Si](C)(C)C. The molecule has 0 saturated carbocycles. The van der Waals surface area contributed by atoms with Crippen molar-refractivity contribution in [1.82, 2.24) is 0 Å². The lowest BCUT2D eigenvalue weighted by molar-refractivity contribution is 0.341. The van der Waals surface area contributed by atoms with Gasteiger partial charge in [-0.2, -0.15) is 0 Å². The maximum Gasteiger partial charge on any atom is 0.129 e. The molecule has 0 rings (SSSR count). The van der Waals surface area contributed by atoms with E-state index in [-0.39, 0.29) is 6.61 Å². The van der Waals surface area contributed by atoms with Gasteiger partial charge in [0.15, 0.2) is 0 Å². The van der Waals surface area contributed by atoms with Crippen molar-refractivity contribution in [1.29, 1.82) is 0 Å². The number of hydrogen-bond acceptors (Lipinski definition) is 1. The maximum absolute atomic E-state index is 8.62. The van der Waals surface area contributed by atoms with Gasteiger partial charge >= 0.3 is 0 Å². The highest BCUT2D eigenvalue weighted by molar-refractivity contribution is 6.83. The van der Waals surface area contributed by atoms with Crippen LogP contribution in [0.4, 0.5) is 0 Å². The summed E-state index contributed by atoms with van der Waals surface area (Å²) in [6.45, 7) is 8.92. The number of rotatable bonds is 3. The summed E-state index contributed by atoms with van der Waals surface area (Å²) in [4.78, 5) is 0. The van der Waals surface area contributed by atoms with E-state index in [0.717, 1.165) is 12.8 Å². The minimum Gasteiger partial charge on any atom is -0.392 e. The first kappa shape index (κ1) is 12.5. The molecule has 1 N–H and O–H groups in total. The Morgan fingerprint density at radius 3 is 2.46 bits per heavy atom. The van der Waals surface area contributed by atoms with E-state index < -0.39 is 8.07 Å². The summed E-state index contributed by atoms with van der Waals surface area (Å²) in [7, 11) is -1.18. The minimum absolute atomic E-state index is 0.146. The molecular formula is C11H20OSi. The first-order chi connectivity index (χ1) is 5.95. The van der Waals surface area contributed by atoms with Crippen LogP contribution in [-0.4, -0.2) is 19.8 Å². The van der Waals surface area contributed by atoms with Crippen LogP contribution in [0.15, 0.2) is 11.6 Å². The standard InChI is InChI=1S/C11H20OSi/c1-11(8-9-12)7-5-6-10-13(2,3)4/h8,12H,5,7,9H2,1-4H3/b11-8+. The van der Waals surface area contributed by atoms with Gasteiger partial charge in [-0.1, -0.05) is 31.3 Å². The molecule has 0 aliphatic carbocycles. The van der Waals surface area contributed by atoms with Gasteiger partial charge in [0.2, 0.25) is 0 Å². The van der Waals surface area contributed by atoms with E-state index in [0.29, 0.717) is 0 Å². The third-order valence-electron chi connectivity index (χ3n) is 1.55. The lowest BCUT2D eigenvalue weighted by Gasteiger charge is -2.03. The molecule has 0 saturated heterocycles. The Morgan fingerprint density at radius 2 is 2.00 bits per heavy atom. The van der Waals surface area contributed by atoms with Gasteiger partial charge in [0, 0.05) is 6.42 Å². The molecule has 0 amide bonds. The smallest absolute Gasteiger partial charge is 0.129 e. The molecule has 0 aromatic carbocycles. The second-order valence-electron chi connectivity index (χ2n) is 4.28. The van der Waals surface area contributed by atoms with Gasteiger partial charge in [0.05, 0.1) is 6.61 Å². The van der Waals surface area contributed by atoms with Gasteiger partial charge in [0.1, 0.15) is 8.07 Å². The summed E-state index contributed by atoms with van der Waals surface area (Å²) in [5, 5.41) is 8.62. The van der Waals surface area contributed by atoms with E-state index in [1.807, 2.05) is 13.0 Å². The van der Waals surface area contributed by atoms with E-state index in [1.54, 1.807) is 0 Å². The van der Waals surface area contributed by atoms with Crippen LogP contribution in [0.2, 0.25) is 19.6 Å². The van der Waals surface area contributed by atoms with Crippen LogP contribution in [0.1, 0.15) is 19.8 Å². The number of aliphatic hydroxyl groups excluding tert-OH is 1. The maximum atomic E-state index is 8.62. The van der Waals surface area contributed by atoms with E-state index in [9.17, 15) is 0 Å². The van der Waals surface area contributed by atoms with Crippen molar-refractivity contribution in [2.75, 3.05) is 6.61 Å². The zero-order chi connectivity index (χ0) is 10.3. The first-order valence-corrected chi connectivity index (χ1v) is 8.22. The fourth-order valence-electron chi connectivity index (χ4n) is 0.845. The molecule has 0 fully saturated rings. The lowest BCUT2D eigenvalue weighted by Crippen LogP contribution is -2.16. The zero-order valence-corrected chi connectivity index (χ0v) is 10.1. The van der Waals surface area contributed by atoms with E-state index in [4.69, 9.17) is 5.11 Å². The summed E-state index contributed by atoms with van der Waals surface area (Å²) >= 11 is 0. The van der Waals surface area contributed by atoms with Crippen LogP contribution >= 0.6 is 0 Å². The van der Waals surface area contributed by atoms with Crippen molar-refractivity contribution in [3.8, 4) is 11.5 Å². The van der Waals surface area contributed by atoms with Crippen LogP contribution in [0.3, 0.4) is 0 Å². The Bertz CT molecular complexity index is 225. The third kappa shape index (κ3) is 9.39. The molecule has 0 aliphatic heterocycles. The molecule has 0 spiro atoms. The Balaban J connectivity index is 3.78. The molecular weight excluding hydrogens is 176 g/mol. The second kappa shape index (κ2) is 6.01. The summed E-state index contributed by atoms with van der Waals surface area (Å²) in [6, 6.07) is 0. The van der Waals surface area contributed by atoms with Crippen LogP contribution in [0.25, 0.3) is 0 Å². The van der Waals surface area contributed by atoms with Gasteiger partial charge in [0.25, 0.3) is 0 Å². The van der Waals surface area contributed by atoms with Crippen molar-refractivity contribution >= 4 is 8.07 Å². The summed E-state index contributed by atoms with van der Waals surface area (Å²) in [5.41, 5.74) is 4.55. The number of aliphatic hydroxyl groups is 1. The highest BCUT2D eigenvalue weighted by atomic mass is 28.3. The molecule has 0 bridgehead atoms. The minimum atomic E-state index is -1.18. The van der Waals surface area contributed by atoms with E-state index in [1.165, 1.54) is 5.57 Å². The highest BCUT2D eigenvalue weighted by Gasteiger charge is 2.06. The van der Waals surface area contributed by atoms with Crippen molar-refractivity contribution in [3.05, 3.63) is 11.6 Å². The molecule has 0 heterocycles. The fourth-order valence-corrected chi connectivity index (χ4v) is 1.50. The first-order valence-electron chi connectivity index (χ1n) is 4.72. The van der Waals surface area contributed by atoms with Crippen LogP contribution in [0, 0.1) is 11.5 Å². The fraction of sp³-hybridized carbons (Fsp3) is 0.636. The molecule has 0 aromatic heterocycles. The Labute approximate surface area is 82.9 Å². The van der Waals surface area contributed by atoms with Crippen LogP contribution in [-0.2, 0) is 0 Å². The molecule has 1 nitrogen and oxygen atoms in total. The third-order valence-corrected chi connectivity index (χ3v) is 2.47. The van der Waals surface area contributed by atoms with Gasteiger partial charge in [-0.15, -0.1) is 11.5 Å². The Morgan fingerprint density at radius 1 is 1.38 bits per heavy atom. The topological polar surface area (TPSA) is 20.2 Å². The second-order valence-corrected chi connectivity index (χ2v) is 9.03. The van der Waals surface area contributed by atoms with Gasteiger partial charge in [-0.05, 0) is 13.3 Å². The summed E-state index contributed by atoms with van der Waals surface area (Å²) in [6.07, 6.45) is 3.75. The van der Waals surface area contributed by atoms with Crippen molar-refractivity contribution in [3.63, 3.8) is 0 Å². The largest absolute Gasteiger partial charge is 0.392 e. The zero-order valence-electron chi connectivity index (χ0n) is 9.15. The molecule has 0 radical (unpaired) electrons. The van der Waals surface area contributed by atoms with Gasteiger partial charge < -0.3 is 5.11 Å². The molecule has 0 aliphatic rings. The molecule has 0 unspecified atom stereocenters. The van der Waals surface area contributed by atoms with Crippen molar-refractivity contribution < 1.29 is 5.11 Å². The predicted octanol–water partition coefficient (Wildman–Crippen LogP) is 2.59. The average molecular weight is 196 g/mol. The molecule has 0 atom stereocenters. The predicted molar refractivity (Wildman–Crippen MR) is 61.2 cm³/mol. The molecule has 74 valence electrons. The normalized spacial score (nSPS) is 12.2. The van der Waals surface area contributed by atoms with Crippen molar-refractivity contribution in [2.24, 2.45) is 0 Å². The highest BCUT2D eigenvalue weighted by Crippen LogP contribution is 2.03. The van der Waals surface area contributed by atoms with Crippen molar-refractivity contribution in [2.45, 2.75) is 39.4 Å². The average Bonchev–Trinajstić information content (AvgIpc) is 1.97. The van der Waals surface area contributed by atoms with Gasteiger partial charge in [-0.25, -0.2) is 0 Å². The number of allylic oxidation sites excluding steroid dienone is 1. The van der Waals surface area contributed by atoms with E-state index >= 15 is 0 Å². The molecule has 0 aromatic rings. The summed E-state index contributed by atoms with van der Waals surface area (Å²) < 4.78 is 0. The van der Waals surface area contributed by atoms with E-state index in [2.05, 4.69) is 31.1 Å². The lowest BCUT2D eigenvalue weighted by atomic mass is 10.1. The number of hydrogen-bond donors (Lipinski definition) is 1. The summed E-state index contributed by atoms with van der Waals surface area (Å²) in [5.74, 6) is 3.20. The molecule has 2 heteroatoms. The Kier molecular flexibility index (Phi) is 5.77. The Hall–Kier alpha value is -0.523. The van der Waals surface area contributed by atoms with Crippen LogP contribution < -0.4 is 0 Å². The quantitative estimate of drug-likeness (QED) is 0.418. The molecule has 13 heavy (non-hydrogen) atoms. The monoisotopic (exact) mass is 196 g/mol.